The second kappa shape index (κ2) is 9.02. The zero-order chi connectivity index (χ0) is 25.5. The third-order valence-corrected chi connectivity index (χ3v) is 5.16. The molecule has 0 bridgehead atoms. The first-order valence-electron chi connectivity index (χ1n) is 10.0. The topological polar surface area (TPSA) is 77.2 Å². The van der Waals surface area contributed by atoms with Crippen molar-refractivity contribution in [2.75, 3.05) is 0 Å². The van der Waals surface area contributed by atoms with Crippen molar-refractivity contribution in [2.45, 2.75) is 25.2 Å². The van der Waals surface area contributed by atoms with Gasteiger partial charge >= 0.3 is 6.18 Å². The molecule has 0 amide bonds. The molecule has 0 saturated carbocycles. The maximum atomic E-state index is 14.5. The second-order valence-electron chi connectivity index (χ2n) is 7.56. The maximum Gasteiger partial charge on any atom is 0.421 e. The van der Waals surface area contributed by atoms with Gasteiger partial charge in [-0.15, -0.1) is 0 Å². The van der Waals surface area contributed by atoms with Crippen molar-refractivity contribution in [3.05, 3.63) is 93.9 Å². The zero-order valence-electron chi connectivity index (χ0n) is 17.7. The van der Waals surface area contributed by atoms with E-state index in [0.717, 1.165) is 35.3 Å². The quantitative estimate of drug-likeness (QED) is 0.395. The Balaban J connectivity index is 1.85. The third-order valence-electron chi connectivity index (χ3n) is 5.16. The van der Waals surface area contributed by atoms with E-state index in [-0.39, 0.29) is 16.7 Å². The van der Waals surface area contributed by atoms with Crippen LogP contribution in [0.15, 0.2) is 59.8 Å². The molecule has 0 aliphatic rings. The monoisotopic (exact) mass is 495 g/mol. The number of rotatable bonds is 5. The minimum atomic E-state index is -4.75. The molecular formula is C23H15F6N3O3. The minimum Gasteiger partial charge on any atom is -0.438 e. The molecule has 2 aromatic carbocycles. The minimum absolute atomic E-state index is 0.0310. The fourth-order valence-electron chi connectivity index (χ4n) is 3.69. The summed E-state index contributed by atoms with van der Waals surface area (Å²) in [6, 6.07) is 4.84. The number of ether oxygens (including phenoxy) is 1. The average Bonchev–Trinajstić information content (AvgIpc) is 2.76. The molecule has 0 saturated heterocycles. The Hall–Kier alpha value is -3.93. The lowest BCUT2D eigenvalue weighted by molar-refractivity contribution is -0.138. The number of alkyl halides is 3. The van der Waals surface area contributed by atoms with Gasteiger partial charge in [0.05, 0.1) is 29.4 Å². The normalized spacial score (nSPS) is 13.6. The van der Waals surface area contributed by atoms with Crippen LogP contribution in [0.3, 0.4) is 0 Å². The molecule has 0 spiro atoms. The van der Waals surface area contributed by atoms with Gasteiger partial charge in [0.1, 0.15) is 28.8 Å². The summed E-state index contributed by atoms with van der Waals surface area (Å²) >= 11 is 0. The van der Waals surface area contributed by atoms with E-state index < -0.39 is 58.3 Å². The lowest BCUT2D eigenvalue weighted by Gasteiger charge is -2.26. The Morgan fingerprint density at radius 1 is 1.03 bits per heavy atom. The number of hydrogen-bond acceptors (Lipinski definition) is 5. The van der Waals surface area contributed by atoms with E-state index in [1.54, 1.807) is 0 Å². The lowest BCUT2D eigenvalue weighted by atomic mass is 9.99. The Kier molecular flexibility index (Phi) is 6.24. The molecule has 2 heterocycles. The largest absolute Gasteiger partial charge is 0.438 e. The van der Waals surface area contributed by atoms with Crippen molar-refractivity contribution in [3.8, 4) is 11.6 Å². The highest BCUT2D eigenvalue weighted by Gasteiger charge is 2.35. The van der Waals surface area contributed by atoms with Crippen molar-refractivity contribution in [1.82, 2.24) is 14.5 Å². The highest BCUT2D eigenvalue weighted by atomic mass is 19.4. The van der Waals surface area contributed by atoms with Gasteiger partial charge in [-0.3, -0.25) is 4.79 Å². The van der Waals surface area contributed by atoms with Gasteiger partial charge in [0.2, 0.25) is 5.88 Å². The predicted molar refractivity (Wildman–Crippen MR) is 111 cm³/mol. The number of fused-ring (bicyclic) bond motifs is 1. The molecule has 4 aromatic rings. The highest BCUT2D eigenvalue weighted by molar-refractivity contribution is 5.80. The van der Waals surface area contributed by atoms with E-state index in [2.05, 4.69) is 9.97 Å². The molecule has 0 aliphatic heterocycles. The summed E-state index contributed by atoms with van der Waals surface area (Å²) in [7, 11) is 0. The maximum absolute atomic E-state index is 14.5. The van der Waals surface area contributed by atoms with Crippen LogP contribution < -0.4 is 10.3 Å². The molecule has 2 atom stereocenters. The van der Waals surface area contributed by atoms with Gasteiger partial charge in [0.25, 0.3) is 5.56 Å². The molecule has 6 nitrogen and oxygen atoms in total. The standard InChI is InChI=1S/C23H15F6N3O3/c1-11(33)20(19-16(25)7-12(24)8-17(19)26)32-10-31-21(34)14-9-13(4-5-18(14)32)35-22-15(23(27,28)29)3-2-6-30-22/h2-11,20,33H,1H3/t11?,20-/m1/s1. The summed E-state index contributed by atoms with van der Waals surface area (Å²) in [6.07, 6.45) is -4.14. The van der Waals surface area contributed by atoms with Crippen LogP contribution in [0.25, 0.3) is 10.9 Å². The van der Waals surface area contributed by atoms with Crippen molar-refractivity contribution in [3.63, 3.8) is 0 Å². The van der Waals surface area contributed by atoms with Crippen molar-refractivity contribution < 1.29 is 36.2 Å². The number of halogens is 6. The van der Waals surface area contributed by atoms with E-state index in [4.69, 9.17) is 4.74 Å². The Morgan fingerprint density at radius 3 is 2.34 bits per heavy atom. The molecular weight excluding hydrogens is 480 g/mol. The molecule has 12 heteroatoms. The van der Waals surface area contributed by atoms with E-state index in [1.807, 2.05) is 0 Å². The van der Waals surface area contributed by atoms with E-state index in [0.29, 0.717) is 12.1 Å². The number of aliphatic hydroxyl groups excluding tert-OH is 1. The summed E-state index contributed by atoms with van der Waals surface area (Å²) in [4.78, 5) is 19.7. The van der Waals surface area contributed by atoms with Crippen LogP contribution in [0.2, 0.25) is 0 Å². The molecule has 182 valence electrons. The number of benzene rings is 2. The van der Waals surface area contributed by atoms with Crippen LogP contribution in [0, 0.1) is 17.5 Å². The van der Waals surface area contributed by atoms with Gasteiger partial charge in [0, 0.05) is 23.9 Å². The van der Waals surface area contributed by atoms with Crippen LogP contribution in [0.4, 0.5) is 26.3 Å². The fourth-order valence-corrected chi connectivity index (χ4v) is 3.69. The molecule has 35 heavy (non-hydrogen) atoms. The third kappa shape index (κ3) is 4.69. The van der Waals surface area contributed by atoms with Gasteiger partial charge in [-0.2, -0.15) is 18.2 Å². The number of aromatic nitrogens is 3. The SMILES string of the molecule is CC(O)[C@H](c1c(F)cc(F)cc1F)n1cnc(=O)c2cc(Oc3ncccc3C(F)(F)F)ccc21. The zero-order valence-corrected chi connectivity index (χ0v) is 17.7. The van der Waals surface area contributed by atoms with Crippen LogP contribution in [0.5, 0.6) is 11.6 Å². The fraction of sp³-hybridized carbons (Fsp3) is 0.174. The molecule has 1 unspecified atom stereocenters. The highest BCUT2D eigenvalue weighted by Crippen LogP contribution is 2.37. The summed E-state index contributed by atoms with van der Waals surface area (Å²) in [6.45, 7) is 1.23. The van der Waals surface area contributed by atoms with Crippen molar-refractivity contribution >= 4 is 10.9 Å². The molecule has 0 radical (unpaired) electrons. The predicted octanol–water partition coefficient (Wildman–Crippen LogP) is 4.99. The van der Waals surface area contributed by atoms with Crippen LogP contribution in [0.1, 0.15) is 24.1 Å². The van der Waals surface area contributed by atoms with E-state index in [1.165, 1.54) is 19.1 Å². The first-order valence-corrected chi connectivity index (χ1v) is 10.0. The smallest absolute Gasteiger partial charge is 0.421 e. The summed E-state index contributed by atoms with van der Waals surface area (Å²) in [5, 5.41) is 10.2. The van der Waals surface area contributed by atoms with Gasteiger partial charge in [-0.25, -0.2) is 18.2 Å². The van der Waals surface area contributed by atoms with E-state index in [9.17, 15) is 36.2 Å². The number of hydrogen-bond donors (Lipinski definition) is 1. The molecule has 4 rings (SSSR count). The Labute approximate surface area is 193 Å². The van der Waals surface area contributed by atoms with Gasteiger partial charge < -0.3 is 14.4 Å². The molecule has 1 N–H and O–H groups in total. The van der Waals surface area contributed by atoms with Crippen LogP contribution in [-0.4, -0.2) is 25.7 Å². The summed E-state index contributed by atoms with van der Waals surface area (Å²) in [5.74, 6) is -4.64. The summed E-state index contributed by atoms with van der Waals surface area (Å²) < 4.78 is 88.6. The number of aliphatic hydroxyl groups is 1. The summed E-state index contributed by atoms with van der Waals surface area (Å²) in [5.41, 5.74) is -2.59. The first-order chi connectivity index (χ1) is 16.5. The molecule has 0 aliphatic carbocycles. The first kappa shape index (κ1) is 24.2. The molecule has 0 fully saturated rings. The van der Waals surface area contributed by atoms with Gasteiger partial charge in [0.15, 0.2) is 0 Å². The number of nitrogens with zero attached hydrogens (tertiary/aromatic N) is 3. The van der Waals surface area contributed by atoms with Crippen molar-refractivity contribution in [1.29, 1.82) is 0 Å². The Bertz CT molecular complexity index is 1450. The van der Waals surface area contributed by atoms with Crippen LogP contribution >= 0.6 is 0 Å². The Morgan fingerprint density at radius 2 is 1.71 bits per heavy atom. The van der Waals surface area contributed by atoms with Crippen molar-refractivity contribution in [2.24, 2.45) is 0 Å². The average molecular weight is 495 g/mol. The van der Waals surface area contributed by atoms with Gasteiger partial charge in [-0.1, -0.05) is 0 Å². The lowest BCUT2D eigenvalue weighted by Crippen LogP contribution is -2.27. The van der Waals surface area contributed by atoms with Crippen LogP contribution in [-0.2, 0) is 6.18 Å². The number of pyridine rings is 1. The van der Waals surface area contributed by atoms with E-state index >= 15 is 0 Å². The molecule has 2 aromatic heterocycles. The second-order valence-corrected chi connectivity index (χ2v) is 7.56. The van der Waals surface area contributed by atoms with Gasteiger partial charge in [-0.05, 0) is 37.3 Å².